The van der Waals surface area contributed by atoms with E-state index in [9.17, 15) is 0 Å². The van der Waals surface area contributed by atoms with Gasteiger partial charge in [-0.2, -0.15) is 0 Å². The summed E-state index contributed by atoms with van der Waals surface area (Å²) in [5.41, 5.74) is 9.77. The van der Waals surface area contributed by atoms with E-state index in [1.54, 1.807) is 0 Å². The summed E-state index contributed by atoms with van der Waals surface area (Å²) >= 11 is 0. The zero-order valence-electron chi connectivity index (χ0n) is 23.1. The Morgan fingerprint density at radius 2 is 1.02 bits per heavy atom. The summed E-state index contributed by atoms with van der Waals surface area (Å²) in [4.78, 5) is 0. The van der Waals surface area contributed by atoms with Gasteiger partial charge in [-0.25, -0.2) is 0 Å². The van der Waals surface area contributed by atoms with Crippen molar-refractivity contribution in [3.63, 3.8) is 0 Å². The maximum Gasteiger partial charge on any atom is -0.00201 e. The van der Waals surface area contributed by atoms with Gasteiger partial charge in [0.2, 0.25) is 0 Å². The van der Waals surface area contributed by atoms with Crippen LogP contribution in [0.5, 0.6) is 0 Å². The second kappa shape index (κ2) is 10.4. The lowest BCUT2D eigenvalue weighted by Crippen LogP contribution is -1.92. The van der Waals surface area contributed by atoms with Crippen LogP contribution in [0.3, 0.4) is 0 Å². The molecule has 0 saturated carbocycles. The van der Waals surface area contributed by atoms with E-state index in [0.29, 0.717) is 0 Å². The second-order valence-electron chi connectivity index (χ2n) is 10.5. The molecule has 7 aromatic rings. The van der Waals surface area contributed by atoms with E-state index in [2.05, 4.69) is 152 Å². The monoisotopic (exact) mass is 522 g/mol. The fourth-order valence-corrected chi connectivity index (χ4v) is 6.29. The molecule has 0 atom stereocenters. The van der Waals surface area contributed by atoms with Gasteiger partial charge < -0.3 is 0 Å². The molecule has 0 spiro atoms. The Bertz CT molecular complexity index is 2060. The first-order valence-electron chi connectivity index (χ1n) is 14.2. The number of hydrogen-bond acceptors (Lipinski definition) is 0. The third kappa shape index (κ3) is 4.26. The molecule has 0 fully saturated rings. The SMILES string of the molecule is C=Cc1cc(-c2cccc(-c3c4ccccc4c(-c4cccc5ccccc45)c4ccccc34)c2)ccc1/C=C\C. The number of rotatable bonds is 5. The van der Waals surface area contributed by atoms with Crippen LogP contribution in [-0.2, 0) is 0 Å². The highest BCUT2D eigenvalue weighted by Gasteiger charge is 2.18. The smallest absolute Gasteiger partial charge is 0.00201 e. The van der Waals surface area contributed by atoms with Crippen molar-refractivity contribution in [2.24, 2.45) is 0 Å². The van der Waals surface area contributed by atoms with Gasteiger partial charge >= 0.3 is 0 Å². The van der Waals surface area contributed by atoms with Gasteiger partial charge in [-0.15, -0.1) is 0 Å². The molecule has 0 aliphatic rings. The van der Waals surface area contributed by atoms with Gasteiger partial charge in [-0.3, -0.25) is 0 Å². The molecular weight excluding hydrogens is 492 g/mol. The topological polar surface area (TPSA) is 0 Å². The maximum atomic E-state index is 4.06. The summed E-state index contributed by atoms with van der Waals surface area (Å²) in [5.74, 6) is 0. The van der Waals surface area contributed by atoms with Crippen LogP contribution < -0.4 is 0 Å². The van der Waals surface area contributed by atoms with Crippen LogP contribution in [0, 0.1) is 0 Å². The Kier molecular flexibility index (Phi) is 6.30. The van der Waals surface area contributed by atoms with Crippen LogP contribution in [0.2, 0.25) is 0 Å². The fraction of sp³-hybridized carbons (Fsp3) is 0.0244. The van der Waals surface area contributed by atoms with Crippen LogP contribution in [0.4, 0.5) is 0 Å². The zero-order valence-corrected chi connectivity index (χ0v) is 23.1. The molecule has 0 aliphatic heterocycles. The highest BCUT2D eigenvalue weighted by Crippen LogP contribution is 2.45. The molecule has 0 aliphatic carbocycles. The van der Waals surface area contributed by atoms with Gasteiger partial charge in [0.15, 0.2) is 0 Å². The highest BCUT2D eigenvalue weighted by molar-refractivity contribution is 6.23. The van der Waals surface area contributed by atoms with Crippen LogP contribution >= 0.6 is 0 Å². The Balaban J connectivity index is 1.51. The van der Waals surface area contributed by atoms with E-state index < -0.39 is 0 Å². The van der Waals surface area contributed by atoms with Crippen molar-refractivity contribution in [3.8, 4) is 33.4 Å². The van der Waals surface area contributed by atoms with Crippen molar-refractivity contribution < 1.29 is 0 Å². The van der Waals surface area contributed by atoms with Gasteiger partial charge in [-0.1, -0.05) is 146 Å². The van der Waals surface area contributed by atoms with Crippen LogP contribution in [0.15, 0.2) is 146 Å². The van der Waals surface area contributed by atoms with Crippen molar-refractivity contribution in [1.82, 2.24) is 0 Å². The van der Waals surface area contributed by atoms with E-state index in [-0.39, 0.29) is 0 Å². The molecule has 7 aromatic carbocycles. The predicted molar refractivity (Wildman–Crippen MR) is 180 cm³/mol. The molecule has 41 heavy (non-hydrogen) atoms. The number of allylic oxidation sites excluding steroid dienone is 1. The maximum absolute atomic E-state index is 4.06. The Morgan fingerprint density at radius 3 is 1.71 bits per heavy atom. The molecule has 0 nitrogen and oxygen atoms in total. The summed E-state index contributed by atoms with van der Waals surface area (Å²) in [7, 11) is 0. The summed E-state index contributed by atoms with van der Waals surface area (Å²) in [6.45, 7) is 6.11. The summed E-state index contributed by atoms with van der Waals surface area (Å²) in [5, 5.41) is 7.61. The number of fused-ring (bicyclic) bond motifs is 3. The Labute approximate surface area is 241 Å². The molecule has 0 aromatic heterocycles. The van der Waals surface area contributed by atoms with Gasteiger partial charge in [0.1, 0.15) is 0 Å². The van der Waals surface area contributed by atoms with Crippen LogP contribution in [-0.4, -0.2) is 0 Å². The van der Waals surface area contributed by atoms with Gasteiger partial charge in [-0.05, 0) is 95.9 Å². The molecular formula is C41H30. The minimum atomic E-state index is 1.14. The van der Waals surface area contributed by atoms with Crippen molar-refractivity contribution >= 4 is 44.5 Å². The fourth-order valence-electron chi connectivity index (χ4n) is 6.29. The van der Waals surface area contributed by atoms with Crippen molar-refractivity contribution in [2.45, 2.75) is 6.92 Å². The van der Waals surface area contributed by atoms with Gasteiger partial charge in [0.25, 0.3) is 0 Å². The average Bonchev–Trinajstić information content (AvgIpc) is 3.04. The lowest BCUT2D eigenvalue weighted by Gasteiger charge is -2.19. The molecule has 0 N–H and O–H groups in total. The van der Waals surface area contributed by atoms with E-state index in [1.165, 1.54) is 71.3 Å². The third-order valence-corrected chi connectivity index (χ3v) is 8.13. The molecule has 0 amide bonds. The quantitative estimate of drug-likeness (QED) is 0.197. The molecule has 0 bridgehead atoms. The molecule has 194 valence electrons. The van der Waals surface area contributed by atoms with Crippen LogP contribution in [0.25, 0.3) is 77.9 Å². The molecule has 0 radical (unpaired) electrons. The molecule has 0 heterocycles. The molecule has 7 rings (SSSR count). The molecule has 0 saturated heterocycles. The largest absolute Gasteiger partial charge is 0.0984 e. The van der Waals surface area contributed by atoms with Crippen molar-refractivity contribution in [1.29, 1.82) is 0 Å². The first-order chi connectivity index (χ1) is 20.3. The number of benzene rings is 7. The van der Waals surface area contributed by atoms with E-state index in [0.717, 1.165) is 5.56 Å². The lowest BCUT2D eigenvalue weighted by atomic mass is 9.84. The van der Waals surface area contributed by atoms with Crippen molar-refractivity contribution in [3.05, 3.63) is 157 Å². The minimum absolute atomic E-state index is 1.14. The predicted octanol–water partition coefficient (Wildman–Crippen LogP) is 11.8. The first-order valence-corrected chi connectivity index (χ1v) is 14.2. The second-order valence-corrected chi connectivity index (χ2v) is 10.5. The molecule has 0 unspecified atom stereocenters. The number of hydrogen-bond donors (Lipinski definition) is 0. The summed E-state index contributed by atoms with van der Waals surface area (Å²) in [6.07, 6.45) is 6.14. The Hall–Kier alpha value is -5.20. The first kappa shape index (κ1) is 24.8. The summed E-state index contributed by atoms with van der Waals surface area (Å²) < 4.78 is 0. The van der Waals surface area contributed by atoms with Crippen LogP contribution in [0.1, 0.15) is 18.1 Å². The zero-order chi connectivity index (χ0) is 27.8. The standard InChI is InChI=1S/C41H30/c1-3-13-29-24-25-32(26-28(29)4-2)31-16-11-17-33(27-31)40-36-19-7-9-21-38(36)41(39-22-10-8-20-37(39)40)35-23-12-15-30-14-5-6-18-34(30)35/h3-27H,2H2,1H3/b13-3-. The van der Waals surface area contributed by atoms with E-state index >= 15 is 0 Å². The van der Waals surface area contributed by atoms with Crippen molar-refractivity contribution in [2.75, 3.05) is 0 Å². The minimum Gasteiger partial charge on any atom is -0.0984 e. The van der Waals surface area contributed by atoms with E-state index in [4.69, 9.17) is 0 Å². The highest BCUT2D eigenvalue weighted by atomic mass is 14.2. The normalized spacial score (nSPS) is 11.5. The summed E-state index contributed by atoms with van der Waals surface area (Å²) in [6, 6.07) is 48.7. The lowest BCUT2D eigenvalue weighted by molar-refractivity contribution is 1.56. The third-order valence-electron chi connectivity index (χ3n) is 8.13. The van der Waals surface area contributed by atoms with E-state index in [1.807, 2.05) is 13.0 Å². The molecule has 0 heteroatoms. The van der Waals surface area contributed by atoms with Gasteiger partial charge in [0.05, 0.1) is 0 Å². The average molecular weight is 523 g/mol. The Morgan fingerprint density at radius 1 is 0.463 bits per heavy atom. The van der Waals surface area contributed by atoms with Gasteiger partial charge in [0, 0.05) is 0 Å².